The van der Waals surface area contributed by atoms with Crippen molar-refractivity contribution in [1.82, 2.24) is 0 Å². The number of carbonyl (C=O) groups excluding carboxylic acids is 1. The first kappa shape index (κ1) is 29.7. The zero-order valence-corrected chi connectivity index (χ0v) is 20.2. The highest BCUT2D eigenvalue weighted by Gasteiger charge is 2.50. The van der Waals surface area contributed by atoms with E-state index in [1.165, 1.54) is 0 Å². The van der Waals surface area contributed by atoms with E-state index < -0.39 is 92.2 Å². The normalized spacial score (nSPS) is 48.1. The number of ether oxygens (including phenoxy) is 4. The molecule has 0 bridgehead atoms. The lowest BCUT2D eigenvalue weighted by atomic mass is 9.79. The van der Waals surface area contributed by atoms with Gasteiger partial charge in [-0.25, -0.2) is 0 Å². The molecule has 14 nitrogen and oxygen atoms in total. The molecule has 2 heterocycles. The summed E-state index contributed by atoms with van der Waals surface area (Å²) in [6.45, 7) is 0.963. The van der Waals surface area contributed by atoms with Crippen molar-refractivity contribution in [2.45, 2.75) is 112 Å². The SMILES string of the molecule is CCC(=O)CC1CCC(OC2OC(CN)C(O)C(O)C2O)C(O)C1OC1OC(CO)C(O)C(N)C1O. The first-order valence-corrected chi connectivity index (χ1v) is 12.3. The largest absolute Gasteiger partial charge is 0.394 e. The van der Waals surface area contributed by atoms with Gasteiger partial charge in [-0.05, 0) is 18.8 Å². The molecule has 0 radical (unpaired) electrons. The number of hydrogen-bond acceptors (Lipinski definition) is 14. The van der Waals surface area contributed by atoms with Crippen LogP contribution in [0.4, 0.5) is 0 Å². The number of nitrogens with two attached hydrogens (primary N) is 2. The second-order valence-electron chi connectivity index (χ2n) is 9.73. The number of ketones is 1. The van der Waals surface area contributed by atoms with Crippen molar-refractivity contribution in [2.75, 3.05) is 13.2 Å². The third-order valence-corrected chi connectivity index (χ3v) is 7.33. The van der Waals surface area contributed by atoms with Gasteiger partial charge >= 0.3 is 0 Å². The summed E-state index contributed by atoms with van der Waals surface area (Å²) in [6.07, 6.45) is -15.0. The number of rotatable bonds is 9. The van der Waals surface area contributed by atoms with E-state index in [4.69, 9.17) is 30.4 Å². The molecule has 14 heteroatoms. The molecule has 3 fully saturated rings. The van der Waals surface area contributed by atoms with Crippen molar-refractivity contribution in [1.29, 1.82) is 0 Å². The minimum atomic E-state index is -1.62. The summed E-state index contributed by atoms with van der Waals surface area (Å²) in [5.41, 5.74) is 11.4. The van der Waals surface area contributed by atoms with Gasteiger partial charge in [-0.15, -0.1) is 0 Å². The van der Waals surface area contributed by atoms with Crippen LogP contribution in [0.5, 0.6) is 0 Å². The Morgan fingerprint density at radius 2 is 1.50 bits per heavy atom. The van der Waals surface area contributed by atoms with Gasteiger partial charge in [0.05, 0.1) is 24.9 Å². The summed E-state index contributed by atoms with van der Waals surface area (Å²) in [5.74, 6) is -0.556. The first-order valence-electron chi connectivity index (χ1n) is 12.3. The van der Waals surface area contributed by atoms with Crippen LogP contribution < -0.4 is 11.5 Å². The molecule has 1 saturated carbocycles. The predicted octanol–water partition coefficient (Wildman–Crippen LogP) is -4.57. The predicted molar refractivity (Wildman–Crippen MR) is 120 cm³/mol. The number of hydrogen-bond donors (Lipinski definition) is 9. The molecule has 0 spiro atoms. The van der Waals surface area contributed by atoms with Crippen LogP contribution in [0.3, 0.4) is 0 Å². The third-order valence-electron chi connectivity index (χ3n) is 7.33. The van der Waals surface area contributed by atoms with E-state index in [1.807, 2.05) is 0 Å². The molecule has 36 heavy (non-hydrogen) atoms. The topological polar surface area (TPSA) is 248 Å². The molecule has 3 rings (SSSR count). The quantitative estimate of drug-likeness (QED) is 0.138. The van der Waals surface area contributed by atoms with Crippen molar-refractivity contribution in [3.8, 4) is 0 Å². The van der Waals surface area contributed by atoms with Gasteiger partial charge in [0.1, 0.15) is 54.6 Å². The van der Waals surface area contributed by atoms with Gasteiger partial charge in [0.2, 0.25) is 0 Å². The Bertz CT molecular complexity index is 715. The smallest absolute Gasteiger partial charge is 0.187 e. The van der Waals surface area contributed by atoms with Crippen molar-refractivity contribution in [2.24, 2.45) is 17.4 Å². The Kier molecular flexibility index (Phi) is 10.6. The molecule has 14 atom stereocenters. The summed E-state index contributed by atoms with van der Waals surface area (Å²) in [6, 6.07) is -1.20. The highest BCUT2D eigenvalue weighted by molar-refractivity contribution is 5.78. The van der Waals surface area contributed by atoms with Crippen LogP contribution in [-0.2, 0) is 23.7 Å². The fourth-order valence-electron chi connectivity index (χ4n) is 4.98. The van der Waals surface area contributed by atoms with Crippen LogP contribution in [0.25, 0.3) is 0 Å². The molecule has 11 N–H and O–H groups in total. The van der Waals surface area contributed by atoms with E-state index in [2.05, 4.69) is 0 Å². The number of carbonyl (C=O) groups is 1. The van der Waals surface area contributed by atoms with E-state index >= 15 is 0 Å². The maximum absolute atomic E-state index is 12.2. The second kappa shape index (κ2) is 12.8. The Morgan fingerprint density at radius 3 is 2.11 bits per heavy atom. The summed E-state index contributed by atoms with van der Waals surface area (Å²) < 4.78 is 22.7. The summed E-state index contributed by atoms with van der Waals surface area (Å²) in [7, 11) is 0. The monoisotopic (exact) mass is 524 g/mol. The van der Waals surface area contributed by atoms with E-state index in [9.17, 15) is 40.5 Å². The van der Waals surface area contributed by atoms with Gasteiger partial charge in [0.15, 0.2) is 12.6 Å². The lowest BCUT2D eigenvalue weighted by Crippen LogP contribution is -2.64. The van der Waals surface area contributed by atoms with Gasteiger partial charge < -0.3 is 66.2 Å². The molecule has 2 aliphatic heterocycles. The Morgan fingerprint density at radius 1 is 0.861 bits per heavy atom. The fourth-order valence-corrected chi connectivity index (χ4v) is 4.98. The molecular formula is C22H40N2O12. The number of Topliss-reactive ketones (excluding diaryl/α,β-unsaturated/α-hetero) is 1. The van der Waals surface area contributed by atoms with E-state index in [0.29, 0.717) is 6.42 Å². The third kappa shape index (κ3) is 6.23. The van der Waals surface area contributed by atoms with Gasteiger partial charge in [-0.2, -0.15) is 0 Å². The fraction of sp³-hybridized carbons (Fsp3) is 0.955. The minimum Gasteiger partial charge on any atom is -0.394 e. The number of aliphatic hydroxyl groups excluding tert-OH is 7. The standard InChI is InChI=1S/C22H40N2O12/c1-2-9(26)5-8-3-4-10(33-22-19(32)18(31)15(28)11(6-23)34-22)16(29)20(8)36-21-17(30)13(24)14(27)12(7-25)35-21/h8,10-22,25,27-32H,2-7,23-24H2,1H3. The lowest BCUT2D eigenvalue weighted by molar-refractivity contribution is -0.333. The van der Waals surface area contributed by atoms with Crippen molar-refractivity contribution in [3.63, 3.8) is 0 Å². The molecule has 1 aliphatic carbocycles. The molecule has 210 valence electrons. The highest BCUT2D eigenvalue weighted by atomic mass is 16.7. The molecule has 0 amide bonds. The van der Waals surface area contributed by atoms with Gasteiger partial charge in [0, 0.05) is 19.4 Å². The maximum Gasteiger partial charge on any atom is 0.187 e. The molecule has 2 saturated heterocycles. The van der Waals surface area contributed by atoms with Crippen LogP contribution in [0.15, 0.2) is 0 Å². The summed E-state index contributed by atoms with van der Waals surface area (Å²) in [5, 5.41) is 71.8. The molecule has 0 aromatic heterocycles. The first-order chi connectivity index (χ1) is 17.0. The molecular weight excluding hydrogens is 484 g/mol. The second-order valence-corrected chi connectivity index (χ2v) is 9.73. The summed E-state index contributed by atoms with van der Waals surface area (Å²) in [4.78, 5) is 12.2. The zero-order valence-electron chi connectivity index (χ0n) is 20.2. The minimum absolute atomic E-state index is 0.0698. The maximum atomic E-state index is 12.2. The Hall–Kier alpha value is -0.850. The van der Waals surface area contributed by atoms with Crippen LogP contribution in [0.1, 0.15) is 32.6 Å². The van der Waals surface area contributed by atoms with Gasteiger partial charge in [0.25, 0.3) is 0 Å². The van der Waals surface area contributed by atoms with Crippen LogP contribution in [-0.4, -0.2) is 134 Å². The number of aliphatic hydroxyl groups is 7. The molecule has 0 aromatic carbocycles. The Labute approximate surface area is 208 Å². The van der Waals surface area contributed by atoms with Crippen molar-refractivity contribution in [3.05, 3.63) is 0 Å². The van der Waals surface area contributed by atoms with Gasteiger partial charge in [-0.1, -0.05) is 6.92 Å². The van der Waals surface area contributed by atoms with Crippen molar-refractivity contribution >= 4 is 5.78 Å². The molecule has 3 aliphatic rings. The van der Waals surface area contributed by atoms with Crippen LogP contribution >= 0.6 is 0 Å². The average molecular weight is 525 g/mol. The van der Waals surface area contributed by atoms with E-state index in [-0.39, 0.29) is 31.6 Å². The summed E-state index contributed by atoms with van der Waals surface area (Å²) >= 11 is 0. The Balaban J connectivity index is 1.77. The zero-order chi connectivity index (χ0) is 26.7. The highest BCUT2D eigenvalue weighted by Crippen LogP contribution is 2.36. The van der Waals surface area contributed by atoms with Crippen LogP contribution in [0.2, 0.25) is 0 Å². The van der Waals surface area contributed by atoms with Gasteiger partial charge in [-0.3, -0.25) is 4.79 Å². The van der Waals surface area contributed by atoms with E-state index in [1.54, 1.807) is 6.92 Å². The molecule has 14 unspecified atom stereocenters. The average Bonchev–Trinajstić information content (AvgIpc) is 2.87. The van der Waals surface area contributed by atoms with Crippen molar-refractivity contribution < 1.29 is 59.5 Å². The van der Waals surface area contributed by atoms with E-state index in [0.717, 1.165) is 0 Å². The lowest BCUT2D eigenvalue weighted by Gasteiger charge is -2.47. The van der Waals surface area contributed by atoms with Crippen LogP contribution in [0, 0.1) is 5.92 Å². The molecule has 0 aromatic rings.